The molecule has 1 aromatic carbocycles. The lowest BCUT2D eigenvalue weighted by atomic mass is 10.2. The van der Waals surface area contributed by atoms with Crippen LogP contribution in [0, 0.1) is 6.92 Å². The van der Waals surface area contributed by atoms with Crippen LogP contribution >= 0.6 is 11.3 Å². The average Bonchev–Trinajstić information content (AvgIpc) is 2.89. The topological polar surface area (TPSA) is 77.2 Å². The molecule has 0 fully saturated rings. The molecule has 6 heteroatoms. The fourth-order valence-corrected chi connectivity index (χ4v) is 2.29. The highest BCUT2D eigenvalue weighted by atomic mass is 32.1. The van der Waals surface area contributed by atoms with Crippen molar-refractivity contribution in [1.82, 2.24) is 10.4 Å². The van der Waals surface area contributed by atoms with E-state index < -0.39 is 0 Å². The fourth-order valence-electron chi connectivity index (χ4n) is 1.49. The summed E-state index contributed by atoms with van der Waals surface area (Å²) in [6, 6.07) is 7.87. The van der Waals surface area contributed by atoms with Gasteiger partial charge in [-0.05, 0) is 19.1 Å². The van der Waals surface area contributed by atoms with Crippen molar-refractivity contribution in [3.05, 3.63) is 45.9 Å². The van der Waals surface area contributed by atoms with Gasteiger partial charge in [-0.1, -0.05) is 17.7 Å². The first-order valence-electron chi connectivity index (χ1n) is 5.84. The second-order valence-corrected chi connectivity index (χ2v) is 5.12. The maximum absolute atomic E-state index is 11.3. The zero-order chi connectivity index (χ0) is 13.7. The largest absolute Gasteiger partial charge is 0.493 e. The van der Waals surface area contributed by atoms with Gasteiger partial charge in [-0.3, -0.25) is 10.2 Å². The molecule has 5 nitrogen and oxygen atoms in total. The van der Waals surface area contributed by atoms with Crippen LogP contribution < -0.4 is 16.0 Å². The molecule has 0 saturated heterocycles. The quantitative estimate of drug-likeness (QED) is 0.495. The molecule has 0 unspecified atom stereocenters. The lowest BCUT2D eigenvalue weighted by Crippen LogP contribution is -2.29. The molecule has 2 aromatic rings. The number of ether oxygens (including phenoxy) is 1. The molecule has 0 spiro atoms. The zero-order valence-electron chi connectivity index (χ0n) is 10.6. The highest BCUT2D eigenvalue weighted by molar-refractivity contribution is 7.13. The highest BCUT2D eigenvalue weighted by Gasteiger charge is 2.08. The van der Waals surface area contributed by atoms with E-state index in [1.54, 1.807) is 0 Å². The molecule has 3 N–H and O–H groups in total. The number of carbonyl (C=O) groups is 1. The Kier molecular flexibility index (Phi) is 4.48. The fraction of sp³-hybridized carbons (Fsp3) is 0.231. The number of nitrogen functional groups attached to an aromatic ring is 1. The van der Waals surface area contributed by atoms with Gasteiger partial charge in [0.15, 0.2) is 0 Å². The van der Waals surface area contributed by atoms with E-state index in [1.807, 2.05) is 31.2 Å². The number of nitrogens with zero attached hydrogens (tertiary/aromatic N) is 1. The number of carbonyl (C=O) groups excluding carboxylic acids is 1. The van der Waals surface area contributed by atoms with Crippen LogP contribution in [0.1, 0.15) is 20.2 Å². The van der Waals surface area contributed by atoms with E-state index in [9.17, 15) is 4.79 Å². The van der Waals surface area contributed by atoms with Crippen LogP contribution in [0.15, 0.2) is 30.5 Å². The van der Waals surface area contributed by atoms with E-state index in [-0.39, 0.29) is 5.91 Å². The first-order valence-corrected chi connectivity index (χ1v) is 6.66. The molecule has 0 saturated carbocycles. The Morgan fingerprint density at radius 2 is 2.16 bits per heavy atom. The number of aryl methyl sites for hydroxylation is 1. The van der Waals surface area contributed by atoms with Crippen molar-refractivity contribution >= 4 is 17.2 Å². The van der Waals surface area contributed by atoms with E-state index in [4.69, 9.17) is 10.6 Å². The van der Waals surface area contributed by atoms with Crippen molar-refractivity contribution in [2.75, 3.05) is 6.61 Å². The Balaban J connectivity index is 1.84. The molecule has 0 atom stereocenters. The minimum absolute atomic E-state index is 0.316. The summed E-state index contributed by atoms with van der Waals surface area (Å²) in [6.45, 7) is 2.56. The standard InChI is InChI=1S/C13H15N3O2S/c1-9-2-4-10(5-3-9)18-7-6-12-15-8-11(19-12)13(17)16-14/h2-5,8H,6-7,14H2,1H3,(H,16,17). The van der Waals surface area contributed by atoms with Gasteiger partial charge >= 0.3 is 0 Å². The van der Waals surface area contributed by atoms with E-state index in [1.165, 1.54) is 23.1 Å². The summed E-state index contributed by atoms with van der Waals surface area (Å²) in [4.78, 5) is 15.9. The summed E-state index contributed by atoms with van der Waals surface area (Å²) in [6.07, 6.45) is 2.18. The third-order valence-corrected chi connectivity index (χ3v) is 3.57. The van der Waals surface area contributed by atoms with Gasteiger partial charge in [0, 0.05) is 6.42 Å². The molecule has 19 heavy (non-hydrogen) atoms. The van der Waals surface area contributed by atoms with Crippen molar-refractivity contribution in [2.24, 2.45) is 5.84 Å². The second kappa shape index (κ2) is 6.31. The van der Waals surface area contributed by atoms with Crippen molar-refractivity contribution in [3.8, 4) is 5.75 Å². The van der Waals surface area contributed by atoms with Gasteiger partial charge in [0.05, 0.1) is 17.8 Å². The molecule has 0 aliphatic heterocycles. The van der Waals surface area contributed by atoms with E-state index >= 15 is 0 Å². The number of hydrogen-bond acceptors (Lipinski definition) is 5. The van der Waals surface area contributed by atoms with Gasteiger partial charge in [0.2, 0.25) is 0 Å². The van der Waals surface area contributed by atoms with Crippen molar-refractivity contribution in [1.29, 1.82) is 0 Å². The normalized spacial score (nSPS) is 10.2. The molecule has 1 amide bonds. The minimum Gasteiger partial charge on any atom is -0.493 e. The molecule has 2 rings (SSSR count). The predicted octanol–water partition coefficient (Wildman–Crippen LogP) is 1.68. The molecule has 0 bridgehead atoms. The van der Waals surface area contributed by atoms with Crippen LogP contribution in [0.5, 0.6) is 5.75 Å². The first-order chi connectivity index (χ1) is 9.19. The summed E-state index contributed by atoms with van der Waals surface area (Å²) in [7, 11) is 0. The number of benzene rings is 1. The number of aromatic nitrogens is 1. The zero-order valence-corrected chi connectivity index (χ0v) is 11.4. The monoisotopic (exact) mass is 277 g/mol. The van der Waals surface area contributed by atoms with Gasteiger partial charge in [0.1, 0.15) is 10.6 Å². The number of nitrogens with one attached hydrogen (secondary N) is 1. The summed E-state index contributed by atoms with van der Waals surface area (Å²) >= 11 is 1.32. The van der Waals surface area contributed by atoms with Crippen molar-refractivity contribution in [2.45, 2.75) is 13.3 Å². The summed E-state index contributed by atoms with van der Waals surface area (Å²) in [5, 5.41) is 0.853. The molecular weight excluding hydrogens is 262 g/mol. The van der Waals surface area contributed by atoms with E-state index in [0.29, 0.717) is 17.9 Å². The number of rotatable bonds is 5. The minimum atomic E-state index is -0.316. The molecule has 1 heterocycles. The van der Waals surface area contributed by atoms with E-state index in [0.717, 1.165) is 10.8 Å². The molecule has 100 valence electrons. The Morgan fingerprint density at radius 3 is 2.84 bits per heavy atom. The lowest BCUT2D eigenvalue weighted by Gasteiger charge is -2.04. The van der Waals surface area contributed by atoms with Crippen LogP contribution in [0.25, 0.3) is 0 Å². The number of nitrogens with two attached hydrogens (primary N) is 1. The summed E-state index contributed by atoms with van der Waals surface area (Å²) < 4.78 is 5.60. The summed E-state index contributed by atoms with van der Waals surface area (Å²) in [5.41, 5.74) is 3.28. The third-order valence-electron chi connectivity index (χ3n) is 2.51. The van der Waals surface area contributed by atoms with Crippen molar-refractivity contribution < 1.29 is 9.53 Å². The maximum Gasteiger partial charge on any atom is 0.276 e. The second-order valence-electron chi connectivity index (χ2n) is 4.00. The van der Waals surface area contributed by atoms with E-state index in [2.05, 4.69) is 10.4 Å². The Labute approximate surface area is 115 Å². The Morgan fingerprint density at radius 1 is 1.42 bits per heavy atom. The number of hydrazine groups is 1. The van der Waals surface area contributed by atoms with Crippen molar-refractivity contribution in [3.63, 3.8) is 0 Å². The van der Waals surface area contributed by atoms with Crippen LogP contribution in [0.2, 0.25) is 0 Å². The van der Waals surface area contributed by atoms with Crippen LogP contribution in [-0.4, -0.2) is 17.5 Å². The Hall–Kier alpha value is -1.92. The SMILES string of the molecule is Cc1ccc(OCCc2ncc(C(=O)NN)s2)cc1. The smallest absolute Gasteiger partial charge is 0.276 e. The predicted molar refractivity (Wildman–Crippen MR) is 74.1 cm³/mol. The van der Waals surface area contributed by atoms with Gasteiger partial charge in [-0.25, -0.2) is 10.8 Å². The first kappa shape index (κ1) is 13.5. The van der Waals surface area contributed by atoms with Gasteiger partial charge in [-0.15, -0.1) is 11.3 Å². The van der Waals surface area contributed by atoms with Crippen LogP contribution in [0.3, 0.4) is 0 Å². The number of amides is 1. The molecule has 0 aliphatic carbocycles. The Bertz CT molecular complexity index is 551. The van der Waals surface area contributed by atoms with Gasteiger partial charge in [0.25, 0.3) is 5.91 Å². The number of hydrogen-bond donors (Lipinski definition) is 2. The van der Waals surface area contributed by atoms with Crippen LogP contribution in [0.4, 0.5) is 0 Å². The molecular formula is C13H15N3O2S. The third kappa shape index (κ3) is 3.77. The van der Waals surface area contributed by atoms with Gasteiger partial charge in [-0.2, -0.15) is 0 Å². The van der Waals surface area contributed by atoms with Gasteiger partial charge < -0.3 is 4.74 Å². The number of thiazole rings is 1. The molecule has 0 aliphatic rings. The molecule has 1 aromatic heterocycles. The summed E-state index contributed by atoms with van der Waals surface area (Å²) in [5.74, 6) is 5.58. The maximum atomic E-state index is 11.3. The van der Waals surface area contributed by atoms with Crippen LogP contribution in [-0.2, 0) is 6.42 Å². The lowest BCUT2D eigenvalue weighted by molar-refractivity contribution is 0.0957. The highest BCUT2D eigenvalue weighted by Crippen LogP contribution is 2.15. The average molecular weight is 277 g/mol. The molecule has 0 radical (unpaired) electrons.